The number of benzene rings is 3. The van der Waals surface area contributed by atoms with E-state index in [-0.39, 0.29) is 0 Å². The van der Waals surface area contributed by atoms with E-state index in [9.17, 15) is 0 Å². The summed E-state index contributed by atoms with van der Waals surface area (Å²) in [6.45, 7) is 11.8. The molecular formula is C32H28N2. The number of hydrogen-bond acceptors (Lipinski definition) is 2. The van der Waals surface area contributed by atoms with Crippen LogP contribution in [0.5, 0.6) is 0 Å². The molecular weight excluding hydrogens is 412 g/mol. The zero-order valence-corrected chi connectivity index (χ0v) is 19.7. The molecule has 3 aromatic carbocycles. The van der Waals surface area contributed by atoms with Gasteiger partial charge in [0.05, 0.1) is 0 Å². The summed E-state index contributed by atoms with van der Waals surface area (Å²) < 4.78 is 0. The van der Waals surface area contributed by atoms with E-state index in [1.165, 1.54) is 27.5 Å². The predicted octanol–water partition coefficient (Wildman–Crippen LogP) is 8.55. The quantitative estimate of drug-likeness (QED) is 0.280. The molecule has 0 spiro atoms. The normalized spacial score (nSPS) is 10.3. The summed E-state index contributed by atoms with van der Waals surface area (Å²) >= 11 is 0. The average molecular weight is 441 g/mol. The summed E-state index contributed by atoms with van der Waals surface area (Å²) in [7, 11) is 0. The summed E-state index contributed by atoms with van der Waals surface area (Å²) in [6.07, 6.45) is 9.30. The molecule has 2 aromatic heterocycles. The minimum atomic E-state index is 1.01. The van der Waals surface area contributed by atoms with Gasteiger partial charge in [-0.25, -0.2) is 0 Å². The molecule has 0 fully saturated rings. The van der Waals surface area contributed by atoms with Crippen molar-refractivity contribution >= 4 is 22.9 Å². The van der Waals surface area contributed by atoms with Gasteiger partial charge < -0.3 is 0 Å². The Balaban J connectivity index is 0.000000161. The number of rotatable bonds is 4. The SMILES string of the molecule is C=Cc1cncc(-c2ccc(C)cc2)c1C=C.Cc1ncc(-c2ccccc2)c2ccccc12. The second kappa shape index (κ2) is 10.5. The molecule has 0 aliphatic heterocycles. The van der Waals surface area contributed by atoms with Gasteiger partial charge in [0.15, 0.2) is 0 Å². The minimum absolute atomic E-state index is 1.01. The Morgan fingerprint density at radius 2 is 1.26 bits per heavy atom. The zero-order chi connectivity index (χ0) is 23.9. The first-order chi connectivity index (χ1) is 16.6. The van der Waals surface area contributed by atoms with E-state index in [1.807, 2.05) is 36.8 Å². The van der Waals surface area contributed by atoms with Crippen LogP contribution in [0.15, 0.2) is 111 Å². The van der Waals surface area contributed by atoms with Gasteiger partial charge in [0.1, 0.15) is 0 Å². The zero-order valence-electron chi connectivity index (χ0n) is 19.7. The second-order valence-corrected chi connectivity index (χ2v) is 8.13. The summed E-state index contributed by atoms with van der Waals surface area (Å²) in [5.74, 6) is 0. The molecule has 0 amide bonds. The fraction of sp³-hybridized carbons (Fsp3) is 0.0625. The average Bonchev–Trinajstić information content (AvgIpc) is 2.90. The Bertz CT molecular complexity index is 1430. The first kappa shape index (κ1) is 22.9. The van der Waals surface area contributed by atoms with Crippen LogP contribution in [-0.4, -0.2) is 9.97 Å². The molecule has 166 valence electrons. The lowest BCUT2D eigenvalue weighted by molar-refractivity contribution is 1.24. The molecule has 0 bridgehead atoms. The summed E-state index contributed by atoms with van der Waals surface area (Å²) in [5, 5.41) is 2.50. The Morgan fingerprint density at radius 1 is 0.618 bits per heavy atom. The summed E-state index contributed by atoms with van der Waals surface area (Å²) in [6, 6.07) is 27.2. The molecule has 0 N–H and O–H groups in total. The third-order valence-electron chi connectivity index (χ3n) is 5.88. The van der Waals surface area contributed by atoms with Gasteiger partial charge in [-0.05, 0) is 35.9 Å². The van der Waals surface area contributed by atoms with Crippen molar-refractivity contribution in [1.29, 1.82) is 0 Å². The third kappa shape index (κ3) is 4.87. The molecule has 0 aliphatic rings. The maximum absolute atomic E-state index is 4.48. The number of fused-ring (bicyclic) bond motifs is 1. The highest BCUT2D eigenvalue weighted by atomic mass is 14.7. The highest BCUT2D eigenvalue weighted by Gasteiger charge is 2.07. The van der Waals surface area contributed by atoms with Crippen molar-refractivity contribution in [2.24, 2.45) is 0 Å². The molecule has 0 radical (unpaired) electrons. The smallest absolute Gasteiger partial charge is 0.0451 e. The molecule has 34 heavy (non-hydrogen) atoms. The first-order valence-electron chi connectivity index (χ1n) is 11.3. The van der Waals surface area contributed by atoms with E-state index in [0.29, 0.717) is 0 Å². The molecule has 5 rings (SSSR count). The number of nitrogens with zero attached hydrogens (tertiary/aromatic N) is 2. The molecule has 2 nitrogen and oxygen atoms in total. The van der Waals surface area contributed by atoms with Gasteiger partial charge in [0.25, 0.3) is 0 Å². The maximum Gasteiger partial charge on any atom is 0.0451 e. The number of hydrogen-bond donors (Lipinski definition) is 0. The summed E-state index contributed by atoms with van der Waals surface area (Å²) in [5.41, 5.74) is 9.10. The highest BCUT2D eigenvalue weighted by molar-refractivity contribution is 5.97. The van der Waals surface area contributed by atoms with Crippen molar-refractivity contribution in [3.8, 4) is 22.3 Å². The van der Waals surface area contributed by atoms with E-state index in [0.717, 1.165) is 27.9 Å². The van der Waals surface area contributed by atoms with Gasteiger partial charge in [-0.1, -0.05) is 110 Å². The molecule has 2 heteroatoms. The molecule has 0 aliphatic carbocycles. The van der Waals surface area contributed by atoms with Gasteiger partial charge >= 0.3 is 0 Å². The van der Waals surface area contributed by atoms with E-state index in [4.69, 9.17) is 0 Å². The fourth-order valence-corrected chi connectivity index (χ4v) is 4.02. The Kier molecular flexibility index (Phi) is 7.10. The van der Waals surface area contributed by atoms with Gasteiger partial charge in [-0.3, -0.25) is 9.97 Å². The lowest BCUT2D eigenvalue weighted by Crippen LogP contribution is -1.89. The van der Waals surface area contributed by atoms with Crippen molar-refractivity contribution in [3.05, 3.63) is 133 Å². The van der Waals surface area contributed by atoms with Gasteiger partial charge in [0.2, 0.25) is 0 Å². The van der Waals surface area contributed by atoms with E-state index >= 15 is 0 Å². The predicted molar refractivity (Wildman–Crippen MR) is 147 cm³/mol. The maximum atomic E-state index is 4.48. The molecule has 0 saturated heterocycles. The number of pyridine rings is 2. The molecule has 0 unspecified atom stereocenters. The lowest BCUT2D eigenvalue weighted by atomic mass is 9.97. The summed E-state index contributed by atoms with van der Waals surface area (Å²) in [4.78, 5) is 8.73. The topological polar surface area (TPSA) is 25.8 Å². The Labute approximate surface area is 202 Å². The lowest BCUT2D eigenvalue weighted by Gasteiger charge is -2.09. The van der Waals surface area contributed by atoms with Crippen molar-refractivity contribution in [2.45, 2.75) is 13.8 Å². The molecule has 5 aromatic rings. The van der Waals surface area contributed by atoms with Crippen LogP contribution in [0.1, 0.15) is 22.4 Å². The largest absolute Gasteiger partial charge is 0.263 e. The van der Waals surface area contributed by atoms with Gasteiger partial charge in [-0.15, -0.1) is 0 Å². The van der Waals surface area contributed by atoms with Crippen molar-refractivity contribution in [2.75, 3.05) is 0 Å². The van der Waals surface area contributed by atoms with Crippen LogP contribution in [0.2, 0.25) is 0 Å². The first-order valence-corrected chi connectivity index (χ1v) is 11.3. The van der Waals surface area contributed by atoms with Crippen LogP contribution in [-0.2, 0) is 0 Å². The number of aromatic nitrogens is 2. The number of aryl methyl sites for hydroxylation is 2. The fourth-order valence-electron chi connectivity index (χ4n) is 4.02. The van der Waals surface area contributed by atoms with Gasteiger partial charge in [-0.2, -0.15) is 0 Å². The van der Waals surface area contributed by atoms with Crippen LogP contribution < -0.4 is 0 Å². The Hall–Kier alpha value is -4.30. The standard InChI is InChI=1S/C16H13N.C16H15N/c1-12-14-9-5-6-10-15(14)16(11-17-12)13-7-3-2-4-8-13;1-4-13-10-17-11-16(15(13)5-2)14-8-6-12(3)7-9-14/h2-11H,1H3;4-11H,1-2H2,3H3. The van der Waals surface area contributed by atoms with Crippen LogP contribution in [0.3, 0.4) is 0 Å². The highest BCUT2D eigenvalue weighted by Crippen LogP contribution is 2.29. The van der Waals surface area contributed by atoms with Crippen LogP contribution in [0, 0.1) is 13.8 Å². The van der Waals surface area contributed by atoms with E-state index in [1.54, 1.807) is 0 Å². The van der Waals surface area contributed by atoms with Crippen LogP contribution >= 0.6 is 0 Å². The second-order valence-electron chi connectivity index (χ2n) is 8.13. The van der Waals surface area contributed by atoms with Crippen LogP contribution in [0.4, 0.5) is 0 Å². The van der Waals surface area contributed by atoms with Crippen LogP contribution in [0.25, 0.3) is 45.2 Å². The van der Waals surface area contributed by atoms with E-state index < -0.39 is 0 Å². The third-order valence-corrected chi connectivity index (χ3v) is 5.88. The molecule has 0 saturated carbocycles. The molecule has 2 heterocycles. The van der Waals surface area contributed by atoms with Crippen molar-refractivity contribution < 1.29 is 0 Å². The van der Waals surface area contributed by atoms with E-state index in [2.05, 4.69) is 110 Å². The molecule has 0 atom stereocenters. The van der Waals surface area contributed by atoms with Crippen molar-refractivity contribution in [1.82, 2.24) is 9.97 Å². The van der Waals surface area contributed by atoms with Crippen molar-refractivity contribution in [3.63, 3.8) is 0 Å². The van der Waals surface area contributed by atoms with Gasteiger partial charge in [0, 0.05) is 46.4 Å². The monoisotopic (exact) mass is 440 g/mol. The minimum Gasteiger partial charge on any atom is -0.263 e. The Morgan fingerprint density at radius 3 is 1.94 bits per heavy atom.